The summed E-state index contributed by atoms with van der Waals surface area (Å²) in [7, 11) is 0. The average Bonchev–Trinajstić information content (AvgIpc) is 2.47. The van der Waals surface area contributed by atoms with E-state index < -0.39 is 0 Å². The molecule has 0 spiro atoms. The second-order valence-electron chi connectivity index (χ2n) is 3.77. The number of fused-ring (bicyclic) bond motifs is 6. The Labute approximate surface area is 116 Å². The minimum absolute atomic E-state index is 0.277. The number of hydrogen-bond donors (Lipinski definition) is 3. The largest absolute Gasteiger partial charge is 0.393 e. The average molecular weight is 282 g/mol. The Bertz CT molecular complexity index is 644. The molecule has 4 rings (SSSR count). The van der Waals surface area contributed by atoms with Crippen molar-refractivity contribution in [3.8, 4) is 0 Å². The highest BCUT2D eigenvalue weighted by atomic mass is 15.3. The summed E-state index contributed by atoms with van der Waals surface area (Å²) in [4.78, 5) is 36.3. The summed E-state index contributed by atoms with van der Waals surface area (Å²) in [5.41, 5.74) is 0. The molecule has 0 unspecified atom stereocenters. The van der Waals surface area contributed by atoms with Crippen molar-refractivity contribution in [1.82, 2.24) is 44.9 Å². The van der Waals surface area contributed by atoms with Crippen molar-refractivity contribution in [1.29, 1.82) is 0 Å². The topological polar surface area (TPSA) is 163 Å². The predicted octanol–water partition coefficient (Wildman–Crippen LogP) is -4.51. The Morgan fingerprint density at radius 2 is 0.667 bits per heavy atom. The maximum Gasteiger partial charge on any atom is 0.393 e. The smallest absolute Gasteiger partial charge is 0.161 e. The molecular formula is C9H6N12+3. The zero-order chi connectivity index (χ0) is 14.1. The molecule has 3 aromatic rings. The lowest BCUT2D eigenvalue weighted by molar-refractivity contribution is -0.522. The van der Waals surface area contributed by atoms with Crippen LogP contribution in [-0.2, 0) is 0 Å². The molecule has 0 amide bonds. The first-order valence-corrected chi connectivity index (χ1v) is 5.73. The van der Waals surface area contributed by atoms with Crippen molar-refractivity contribution >= 4 is 35.7 Å². The van der Waals surface area contributed by atoms with Crippen LogP contribution in [0.1, 0.15) is 0 Å². The van der Waals surface area contributed by atoms with Crippen LogP contribution in [-0.4, -0.2) is 44.9 Å². The maximum absolute atomic E-state index is 4.15. The van der Waals surface area contributed by atoms with E-state index in [9.17, 15) is 0 Å². The zero-order valence-electron chi connectivity index (χ0n) is 10.3. The molecular weight excluding hydrogens is 276 g/mol. The number of nitrogens with one attached hydrogen (secondary N) is 3. The van der Waals surface area contributed by atoms with Gasteiger partial charge in [0.15, 0.2) is 0 Å². The first kappa shape index (κ1) is 11.7. The minimum atomic E-state index is 0.277. The number of rotatable bonds is 0. The fourth-order valence-corrected chi connectivity index (χ4v) is 1.55. The van der Waals surface area contributed by atoms with Crippen molar-refractivity contribution in [3.63, 3.8) is 0 Å². The van der Waals surface area contributed by atoms with Gasteiger partial charge in [-0.1, -0.05) is 15.0 Å². The molecule has 6 bridgehead atoms. The first-order valence-electron chi connectivity index (χ1n) is 5.73. The summed E-state index contributed by atoms with van der Waals surface area (Å²) >= 11 is 0. The van der Waals surface area contributed by atoms with E-state index in [4.69, 9.17) is 0 Å². The summed E-state index contributed by atoms with van der Waals surface area (Å²) in [6.07, 6.45) is 4.02. The molecule has 0 aliphatic carbocycles. The Morgan fingerprint density at radius 1 is 0.429 bits per heavy atom. The zero-order valence-corrected chi connectivity index (χ0v) is 10.3. The normalized spacial score (nSPS) is 13.1. The minimum Gasteiger partial charge on any atom is -0.161 e. The van der Waals surface area contributed by atoms with E-state index in [1.807, 2.05) is 0 Å². The molecule has 0 fully saturated rings. The van der Waals surface area contributed by atoms with E-state index in [1.54, 1.807) is 0 Å². The van der Waals surface area contributed by atoms with Gasteiger partial charge in [0.05, 0.1) is 0 Å². The fraction of sp³-hybridized carbons (Fsp3) is 0. The van der Waals surface area contributed by atoms with Gasteiger partial charge in [0.1, 0.15) is 19.0 Å². The highest BCUT2D eigenvalue weighted by Crippen LogP contribution is 1.99. The van der Waals surface area contributed by atoms with Crippen molar-refractivity contribution in [2.45, 2.75) is 0 Å². The molecule has 1 aliphatic heterocycles. The summed E-state index contributed by atoms with van der Waals surface area (Å²) < 4.78 is 0. The molecule has 3 aromatic heterocycles. The van der Waals surface area contributed by atoms with Gasteiger partial charge in [-0.25, -0.2) is 0 Å². The van der Waals surface area contributed by atoms with Gasteiger partial charge in [-0.15, -0.1) is 0 Å². The second-order valence-corrected chi connectivity index (χ2v) is 3.77. The molecule has 0 aromatic carbocycles. The lowest BCUT2D eigenvalue weighted by Crippen LogP contribution is -2.79. The third-order valence-electron chi connectivity index (χ3n) is 2.39. The van der Waals surface area contributed by atoms with E-state index in [-0.39, 0.29) is 35.7 Å². The van der Waals surface area contributed by atoms with E-state index >= 15 is 0 Å². The highest BCUT2D eigenvalue weighted by molar-refractivity contribution is 5.21. The monoisotopic (exact) mass is 282 g/mol. The molecule has 1 aliphatic rings. The predicted molar refractivity (Wildman–Crippen MR) is 60.3 cm³/mol. The molecule has 4 heterocycles. The maximum atomic E-state index is 4.15. The lowest BCUT2D eigenvalue weighted by atomic mass is 10.7. The summed E-state index contributed by atoms with van der Waals surface area (Å²) in [6.45, 7) is 0. The van der Waals surface area contributed by atoms with Crippen LogP contribution in [0.15, 0.2) is 19.0 Å². The molecule has 99 valence electrons. The Hall–Kier alpha value is -3.09. The third-order valence-corrected chi connectivity index (χ3v) is 2.39. The van der Waals surface area contributed by atoms with Crippen LogP contribution in [0.4, 0.5) is 35.7 Å². The summed E-state index contributed by atoms with van der Waals surface area (Å²) in [5, 5.41) is 8.53. The standard InChI is InChI=1S/C9H6N12/c1-10-4-16-5(11-1)20-7-13-3-15-9(18-7)21-8-14-2-12-6(17-8)19-4/h1-3,19-21H/q+3. The van der Waals surface area contributed by atoms with Crippen LogP contribution < -0.4 is 16.0 Å². The molecule has 0 saturated heterocycles. The van der Waals surface area contributed by atoms with Crippen LogP contribution in [0.3, 0.4) is 0 Å². The first-order chi connectivity index (χ1) is 10.3. The number of anilines is 6. The molecule has 12 nitrogen and oxygen atoms in total. The van der Waals surface area contributed by atoms with Crippen LogP contribution in [0.2, 0.25) is 0 Å². The quantitative estimate of drug-likeness (QED) is 0.288. The van der Waals surface area contributed by atoms with Crippen molar-refractivity contribution in [2.75, 3.05) is 0 Å². The number of hydrogen-bond acceptors (Lipinski definition) is 12. The van der Waals surface area contributed by atoms with Crippen LogP contribution in [0.5, 0.6) is 0 Å². The molecule has 12 heteroatoms. The highest BCUT2D eigenvalue weighted by Gasteiger charge is 2.24. The summed E-state index contributed by atoms with van der Waals surface area (Å²) in [6, 6.07) is 0. The Morgan fingerprint density at radius 3 is 0.905 bits per heavy atom. The van der Waals surface area contributed by atoms with Gasteiger partial charge in [0.25, 0.3) is 0 Å². The van der Waals surface area contributed by atoms with Gasteiger partial charge in [0, 0.05) is 0 Å². The van der Waals surface area contributed by atoms with Crippen LogP contribution in [0.25, 0.3) is 0 Å². The van der Waals surface area contributed by atoms with Crippen molar-refractivity contribution in [2.24, 2.45) is 0 Å². The van der Waals surface area contributed by atoms with Crippen LogP contribution >= 0.6 is 0 Å². The third kappa shape index (κ3) is 2.48. The number of nitrogens with zero attached hydrogens (tertiary/aromatic N) is 9. The summed E-state index contributed by atoms with van der Waals surface area (Å²) in [5.74, 6) is 1.66. The van der Waals surface area contributed by atoms with E-state index in [0.29, 0.717) is 0 Å². The van der Waals surface area contributed by atoms with Crippen LogP contribution in [0, 0.1) is 0 Å². The van der Waals surface area contributed by atoms with Crippen molar-refractivity contribution < 1.29 is 16.0 Å². The van der Waals surface area contributed by atoms with Gasteiger partial charge in [-0.2, -0.15) is 29.9 Å². The van der Waals surface area contributed by atoms with Gasteiger partial charge >= 0.3 is 35.7 Å². The van der Waals surface area contributed by atoms with E-state index in [0.717, 1.165) is 0 Å². The van der Waals surface area contributed by atoms with Gasteiger partial charge in [0.2, 0.25) is 0 Å². The number of aromatic nitrogens is 9. The van der Waals surface area contributed by atoms with E-state index in [1.165, 1.54) is 19.0 Å². The van der Waals surface area contributed by atoms with Gasteiger partial charge in [-0.05, 0) is 16.0 Å². The second kappa shape index (κ2) is 4.78. The molecule has 3 N–H and O–H groups in total. The molecule has 0 saturated carbocycles. The molecule has 3 radical (unpaired) electrons. The van der Waals surface area contributed by atoms with Crippen molar-refractivity contribution in [3.05, 3.63) is 19.0 Å². The van der Waals surface area contributed by atoms with Gasteiger partial charge in [-0.3, -0.25) is 0 Å². The Kier molecular flexibility index (Phi) is 2.67. The fourth-order valence-electron chi connectivity index (χ4n) is 1.55. The van der Waals surface area contributed by atoms with Gasteiger partial charge < -0.3 is 0 Å². The van der Waals surface area contributed by atoms with E-state index in [2.05, 4.69) is 60.8 Å². The Balaban J connectivity index is 1.87. The molecule has 21 heavy (non-hydrogen) atoms. The SMILES string of the molecule is c1nc2nc(n1)[NH+]c1ncnc(n1)[NH+]c1ncnc(n1)[NH+]2. The lowest BCUT2D eigenvalue weighted by Gasteiger charge is -1.95. The molecule has 0 atom stereocenters.